The molecule has 0 saturated heterocycles. The monoisotopic (exact) mass is 396 g/mol. The summed E-state index contributed by atoms with van der Waals surface area (Å²) in [7, 11) is 0. The van der Waals surface area contributed by atoms with Gasteiger partial charge in [-0.25, -0.2) is 4.98 Å². The summed E-state index contributed by atoms with van der Waals surface area (Å²) in [5.41, 5.74) is 2.26. The Labute approximate surface area is 132 Å². The highest BCUT2D eigenvalue weighted by Crippen LogP contribution is 2.29. The van der Waals surface area contributed by atoms with E-state index in [-0.39, 0.29) is 0 Å². The third kappa shape index (κ3) is 2.99. The van der Waals surface area contributed by atoms with E-state index >= 15 is 0 Å². The first-order valence-electron chi connectivity index (χ1n) is 5.76. The molecule has 0 radical (unpaired) electrons. The molecule has 1 aromatic heterocycles. The van der Waals surface area contributed by atoms with Crippen LogP contribution in [0.5, 0.6) is 0 Å². The Morgan fingerprint density at radius 3 is 2.79 bits per heavy atom. The molecule has 0 spiro atoms. The van der Waals surface area contributed by atoms with Crippen molar-refractivity contribution in [2.75, 3.05) is 5.32 Å². The minimum atomic E-state index is 0.766. The van der Waals surface area contributed by atoms with Gasteiger partial charge in [0.15, 0.2) is 5.13 Å². The molecule has 2 aromatic carbocycles. The molecule has 19 heavy (non-hydrogen) atoms. The molecule has 3 rings (SSSR count). The molecule has 1 N–H and O–H groups in total. The highest BCUT2D eigenvalue weighted by atomic mass is 79.9. The van der Waals surface area contributed by atoms with Crippen molar-refractivity contribution in [3.63, 3.8) is 0 Å². The van der Waals surface area contributed by atoms with Crippen LogP contribution in [-0.2, 0) is 6.54 Å². The fourth-order valence-corrected chi connectivity index (χ4v) is 3.63. The molecular formula is C14H10Br2N2S. The zero-order valence-corrected chi connectivity index (χ0v) is 13.8. The minimum Gasteiger partial charge on any atom is -0.357 e. The van der Waals surface area contributed by atoms with Crippen molar-refractivity contribution in [1.82, 2.24) is 4.98 Å². The maximum atomic E-state index is 4.57. The summed E-state index contributed by atoms with van der Waals surface area (Å²) in [6, 6.07) is 14.3. The van der Waals surface area contributed by atoms with Crippen LogP contribution in [-0.4, -0.2) is 4.98 Å². The topological polar surface area (TPSA) is 24.9 Å². The van der Waals surface area contributed by atoms with Crippen molar-refractivity contribution in [2.24, 2.45) is 0 Å². The molecular weight excluding hydrogens is 388 g/mol. The van der Waals surface area contributed by atoms with Gasteiger partial charge in [0.2, 0.25) is 0 Å². The zero-order valence-electron chi connectivity index (χ0n) is 9.86. The zero-order chi connectivity index (χ0) is 13.2. The van der Waals surface area contributed by atoms with Gasteiger partial charge < -0.3 is 5.32 Å². The van der Waals surface area contributed by atoms with Crippen LogP contribution in [0.4, 0.5) is 5.13 Å². The van der Waals surface area contributed by atoms with E-state index in [1.54, 1.807) is 11.3 Å². The van der Waals surface area contributed by atoms with Crippen molar-refractivity contribution in [3.8, 4) is 0 Å². The Bertz CT molecular complexity index is 724. The summed E-state index contributed by atoms with van der Waals surface area (Å²) in [5.74, 6) is 0. The molecule has 2 nitrogen and oxygen atoms in total. The SMILES string of the molecule is Brc1ccc2nc(NCc3ccccc3Br)sc2c1. The standard InChI is InChI=1S/C14H10Br2N2S/c15-10-5-6-12-13(7-10)19-14(18-12)17-8-9-3-1-2-4-11(9)16/h1-7H,8H2,(H,17,18). The molecule has 0 atom stereocenters. The van der Waals surface area contributed by atoms with E-state index in [4.69, 9.17) is 0 Å². The van der Waals surface area contributed by atoms with Crippen LogP contribution in [0, 0.1) is 0 Å². The largest absolute Gasteiger partial charge is 0.357 e. The van der Waals surface area contributed by atoms with Crippen molar-refractivity contribution >= 4 is 58.5 Å². The van der Waals surface area contributed by atoms with E-state index in [2.05, 4.69) is 54.3 Å². The summed E-state index contributed by atoms with van der Waals surface area (Å²) in [4.78, 5) is 4.57. The number of fused-ring (bicyclic) bond motifs is 1. The van der Waals surface area contributed by atoms with Gasteiger partial charge in [0.05, 0.1) is 10.2 Å². The molecule has 96 valence electrons. The average molecular weight is 398 g/mol. The van der Waals surface area contributed by atoms with Gasteiger partial charge in [-0.05, 0) is 29.8 Å². The van der Waals surface area contributed by atoms with Crippen molar-refractivity contribution in [2.45, 2.75) is 6.54 Å². The Hall–Kier alpha value is -0.910. The van der Waals surface area contributed by atoms with E-state index in [0.717, 1.165) is 26.1 Å². The van der Waals surface area contributed by atoms with Gasteiger partial charge in [0.1, 0.15) is 0 Å². The Kier molecular flexibility index (Phi) is 3.86. The lowest BCUT2D eigenvalue weighted by molar-refractivity contribution is 1.13. The third-order valence-corrected chi connectivity index (χ3v) is 4.98. The maximum absolute atomic E-state index is 4.57. The quantitative estimate of drug-likeness (QED) is 0.636. The summed E-state index contributed by atoms with van der Waals surface area (Å²) in [5, 5.41) is 4.32. The molecule has 0 fully saturated rings. The minimum absolute atomic E-state index is 0.766. The van der Waals surface area contributed by atoms with Gasteiger partial charge in [-0.1, -0.05) is 61.4 Å². The number of nitrogens with one attached hydrogen (secondary N) is 1. The molecule has 5 heteroatoms. The lowest BCUT2D eigenvalue weighted by Crippen LogP contribution is -1.99. The first-order valence-corrected chi connectivity index (χ1v) is 8.16. The van der Waals surface area contributed by atoms with E-state index in [1.807, 2.05) is 30.3 Å². The predicted octanol–water partition coefficient (Wildman–Crippen LogP) is 5.43. The van der Waals surface area contributed by atoms with E-state index in [9.17, 15) is 0 Å². The molecule has 0 unspecified atom stereocenters. The van der Waals surface area contributed by atoms with Gasteiger partial charge in [-0.15, -0.1) is 0 Å². The molecule has 0 saturated carbocycles. The molecule has 0 aliphatic heterocycles. The molecule has 0 amide bonds. The second kappa shape index (κ2) is 5.61. The Balaban J connectivity index is 1.80. The third-order valence-electron chi connectivity index (χ3n) is 2.74. The summed E-state index contributed by atoms with van der Waals surface area (Å²) in [6.45, 7) is 0.766. The average Bonchev–Trinajstić information content (AvgIpc) is 2.79. The molecule has 3 aromatic rings. The van der Waals surface area contributed by atoms with Gasteiger partial charge in [0.25, 0.3) is 0 Å². The van der Waals surface area contributed by atoms with Crippen molar-refractivity contribution in [3.05, 3.63) is 57.0 Å². The van der Waals surface area contributed by atoms with E-state index in [1.165, 1.54) is 10.3 Å². The number of aromatic nitrogens is 1. The van der Waals surface area contributed by atoms with Gasteiger partial charge in [-0.3, -0.25) is 0 Å². The lowest BCUT2D eigenvalue weighted by Gasteiger charge is -2.04. The number of halogens is 2. The normalized spacial score (nSPS) is 10.8. The molecule has 0 bridgehead atoms. The lowest BCUT2D eigenvalue weighted by atomic mass is 10.2. The number of benzene rings is 2. The van der Waals surface area contributed by atoms with Crippen molar-refractivity contribution in [1.29, 1.82) is 0 Å². The van der Waals surface area contributed by atoms with E-state index in [0.29, 0.717) is 0 Å². The fraction of sp³-hybridized carbons (Fsp3) is 0.0714. The maximum Gasteiger partial charge on any atom is 0.184 e. The van der Waals surface area contributed by atoms with Crippen LogP contribution in [0.2, 0.25) is 0 Å². The first kappa shape index (κ1) is 13.1. The summed E-state index contributed by atoms with van der Waals surface area (Å²) >= 11 is 8.70. The van der Waals surface area contributed by atoms with Crippen LogP contribution in [0.1, 0.15) is 5.56 Å². The Morgan fingerprint density at radius 1 is 1.11 bits per heavy atom. The van der Waals surface area contributed by atoms with Crippen molar-refractivity contribution < 1.29 is 0 Å². The highest BCUT2D eigenvalue weighted by Gasteiger charge is 2.05. The second-order valence-electron chi connectivity index (χ2n) is 4.08. The fourth-order valence-electron chi connectivity index (χ4n) is 1.79. The van der Waals surface area contributed by atoms with Crippen LogP contribution in [0.15, 0.2) is 51.4 Å². The van der Waals surface area contributed by atoms with Crippen LogP contribution in [0.25, 0.3) is 10.2 Å². The van der Waals surface area contributed by atoms with Crippen LogP contribution in [0.3, 0.4) is 0 Å². The van der Waals surface area contributed by atoms with Gasteiger partial charge in [0, 0.05) is 15.5 Å². The smallest absolute Gasteiger partial charge is 0.184 e. The van der Waals surface area contributed by atoms with Crippen LogP contribution >= 0.6 is 43.2 Å². The predicted molar refractivity (Wildman–Crippen MR) is 88.8 cm³/mol. The van der Waals surface area contributed by atoms with E-state index < -0.39 is 0 Å². The molecule has 0 aliphatic carbocycles. The highest BCUT2D eigenvalue weighted by molar-refractivity contribution is 9.10. The van der Waals surface area contributed by atoms with Crippen LogP contribution < -0.4 is 5.32 Å². The first-order chi connectivity index (χ1) is 9.22. The van der Waals surface area contributed by atoms with Gasteiger partial charge >= 0.3 is 0 Å². The summed E-state index contributed by atoms with van der Waals surface area (Å²) in [6.07, 6.45) is 0. The number of thiazole rings is 1. The number of anilines is 1. The molecule has 0 aliphatic rings. The van der Waals surface area contributed by atoms with Gasteiger partial charge in [-0.2, -0.15) is 0 Å². The Morgan fingerprint density at radius 2 is 1.95 bits per heavy atom. The second-order valence-corrected chi connectivity index (χ2v) is 6.88. The number of rotatable bonds is 3. The number of hydrogen-bond acceptors (Lipinski definition) is 3. The molecule has 1 heterocycles. The number of nitrogens with zero attached hydrogens (tertiary/aromatic N) is 1. The number of hydrogen-bond donors (Lipinski definition) is 1. The summed E-state index contributed by atoms with van der Waals surface area (Å²) < 4.78 is 3.39.